The molecule has 16 heavy (non-hydrogen) atoms. The minimum Gasteiger partial charge on any atom is -0.393 e. The van der Waals surface area contributed by atoms with Gasteiger partial charge in [-0.25, -0.2) is 0 Å². The quantitative estimate of drug-likeness (QED) is 0.582. The number of H-pyrrole nitrogens is 1. The van der Waals surface area contributed by atoms with E-state index in [-0.39, 0.29) is 6.42 Å². The van der Waals surface area contributed by atoms with Crippen molar-refractivity contribution in [2.45, 2.75) is 12.3 Å². The summed E-state index contributed by atoms with van der Waals surface area (Å²) in [7, 11) is 0. The third kappa shape index (κ3) is 1.31. The molecule has 1 aromatic carbocycles. The molecule has 2 heterocycles. The summed E-state index contributed by atoms with van der Waals surface area (Å²) in [5.41, 5.74) is 1.85. The van der Waals surface area contributed by atoms with Gasteiger partial charge in [-0.05, 0) is 29.1 Å². The maximum atomic E-state index is 11.4. The highest BCUT2D eigenvalue weighted by atomic mass is 16.6. The van der Waals surface area contributed by atoms with Crippen molar-refractivity contribution in [2.24, 2.45) is 0 Å². The summed E-state index contributed by atoms with van der Waals surface area (Å²) < 4.78 is 4.54. The van der Waals surface area contributed by atoms with Crippen LogP contribution < -0.4 is 0 Å². The number of cyclic esters (lactones) is 2. The summed E-state index contributed by atoms with van der Waals surface area (Å²) in [4.78, 5) is 25.5. The Morgan fingerprint density at radius 2 is 2.12 bits per heavy atom. The predicted octanol–water partition coefficient (Wildman–Crippen LogP) is 1.72. The van der Waals surface area contributed by atoms with E-state index in [4.69, 9.17) is 0 Å². The van der Waals surface area contributed by atoms with Gasteiger partial charge in [-0.1, -0.05) is 6.07 Å². The van der Waals surface area contributed by atoms with Gasteiger partial charge in [0.05, 0.1) is 12.3 Å². The van der Waals surface area contributed by atoms with E-state index in [1.807, 2.05) is 30.5 Å². The first-order valence-corrected chi connectivity index (χ1v) is 5.05. The van der Waals surface area contributed by atoms with Crippen molar-refractivity contribution in [1.29, 1.82) is 0 Å². The van der Waals surface area contributed by atoms with Crippen molar-refractivity contribution < 1.29 is 14.3 Å². The summed E-state index contributed by atoms with van der Waals surface area (Å²) in [6.07, 6.45) is 1.99. The molecule has 1 unspecified atom stereocenters. The van der Waals surface area contributed by atoms with Crippen LogP contribution in [-0.4, -0.2) is 16.9 Å². The zero-order valence-electron chi connectivity index (χ0n) is 8.40. The van der Waals surface area contributed by atoms with Crippen LogP contribution >= 0.6 is 0 Å². The maximum Gasteiger partial charge on any atom is 0.321 e. The molecule has 4 heteroatoms. The van der Waals surface area contributed by atoms with Crippen LogP contribution in [-0.2, 0) is 14.3 Å². The Bertz CT molecular complexity index is 585. The van der Waals surface area contributed by atoms with Crippen molar-refractivity contribution in [2.75, 3.05) is 0 Å². The van der Waals surface area contributed by atoms with Crippen LogP contribution in [0.2, 0.25) is 0 Å². The number of aromatic amines is 1. The highest BCUT2D eigenvalue weighted by molar-refractivity contribution is 5.98. The van der Waals surface area contributed by atoms with Gasteiger partial charge in [-0.2, -0.15) is 0 Å². The zero-order valence-corrected chi connectivity index (χ0v) is 8.40. The lowest BCUT2D eigenvalue weighted by atomic mass is 9.97. The van der Waals surface area contributed by atoms with E-state index in [1.54, 1.807) is 0 Å². The van der Waals surface area contributed by atoms with E-state index >= 15 is 0 Å². The summed E-state index contributed by atoms with van der Waals surface area (Å²) in [6, 6.07) is 7.60. The Morgan fingerprint density at radius 3 is 2.88 bits per heavy atom. The fourth-order valence-electron chi connectivity index (χ4n) is 2.02. The highest BCUT2D eigenvalue weighted by Gasteiger charge is 2.34. The van der Waals surface area contributed by atoms with Crippen LogP contribution in [0, 0.1) is 0 Å². The van der Waals surface area contributed by atoms with Gasteiger partial charge in [0, 0.05) is 11.7 Å². The first-order valence-electron chi connectivity index (χ1n) is 5.05. The second-order valence-corrected chi connectivity index (χ2v) is 3.87. The fraction of sp³-hybridized carbons (Fsp3) is 0.167. The number of hydrogen-bond donors (Lipinski definition) is 1. The number of esters is 2. The van der Waals surface area contributed by atoms with Gasteiger partial charge < -0.3 is 9.72 Å². The van der Waals surface area contributed by atoms with Gasteiger partial charge in [-0.15, -0.1) is 0 Å². The Labute approximate surface area is 91.2 Å². The molecule has 0 radical (unpaired) electrons. The molecule has 3 rings (SSSR count). The lowest BCUT2D eigenvalue weighted by Gasteiger charge is -2.04. The van der Waals surface area contributed by atoms with Crippen LogP contribution in [0.1, 0.15) is 17.9 Å². The third-order valence-electron chi connectivity index (χ3n) is 2.85. The molecular formula is C12H9NO3. The number of hydrogen-bond acceptors (Lipinski definition) is 3. The molecule has 1 N–H and O–H groups in total. The number of nitrogens with one attached hydrogen (secondary N) is 1. The lowest BCUT2D eigenvalue weighted by Crippen LogP contribution is -2.05. The summed E-state index contributed by atoms with van der Waals surface area (Å²) >= 11 is 0. The molecule has 1 fully saturated rings. The molecule has 0 saturated carbocycles. The second-order valence-electron chi connectivity index (χ2n) is 3.87. The Balaban J connectivity index is 2.05. The average Bonchev–Trinajstić information content (AvgIpc) is 2.83. The van der Waals surface area contributed by atoms with E-state index in [9.17, 15) is 9.59 Å². The summed E-state index contributed by atoms with van der Waals surface area (Å²) in [5.74, 6) is -1.32. The molecule has 1 aliphatic rings. The SMILES string of the molecule is O=C1CC(c2ccc3[nH]ccc3c2)C(=O)O1. The highest BCUT2D eigenvalue weighted by Crippen LogP contribution is 2.29. The van der Waals surface area contributed by atoms with E-state index < -0.39 is 17.9 Å². The van der Waals surface area contributed by atoms with Crippen LogP contribution in [0.3, 0.4) is 0 Å². The Morgan fingerprint density at radius 1 is 1.25 bits per heavy atom. The van der Waals surface area contributed by atoms with Gasteiger partial charge >= 0.3 is 11.9 Å². The minimum absolute atomic E-state index is 0.148. The summed E-state index contributed by atoms with van der Waals surface area (Å²) in [5, 5.41) is 1.03. The second kappa shape index (κ2) is 3.20. The normalized spacial score (nSPS) is 20.4. The van der Waals surface area contributed by atoms with E-state index in [0.717, 1.165) is 16.5 Å². The van der Waals surface area contributed by atoms with E-state index in [0.29, 0.717) is 0 Å². The molecule has 2 aromatic rings. The number of carbonyl (C=O) groups is 2. The van der Waals surface area contributed by atoms with E-state index in [2.05, 4.69) is 9.72 Å². The number of aromatic nitrogens is 1. The van der Waals surface area contributed by atoms with Crippen molar-refractivity contribution in [3.05, 3.63) is 36.0 Å². The van der Waals surface area contributed by atoms with E-state index in [1.165, 1.54) is 0 Å². The molecule has 0 amide bonds. The molecule has 1 aromatic heterocycles. The fourth-order valence-corrected chi connectivity index (χ4v) is 2.02. The van der Waals surface area contributed by atoms with Gasteiger partial charge in [0.1, 0.15) is 0 Å². The largest absolute Gasteiger partial charge is 0.393 e. The lowest BCUT2D eigenvalue weighted by molar-refractivity contribution is -0.152. The number of ether oxygens (including phenoxy) is 1. The summed E-state index contributed by atoms with van der Waals surface area (Å²) in [6.45, 7) is 0. The third-order valence-corrected chi connectivity index (χ3v) is 2.85. The van der Waals surface area contributed by atoms with Gasteiger partial charge in [-0.3, -0.25) is 9.59 Å². The molecule has 4 nitrogen and oxygen atoms in total. The topological polar surface area (TPSA) is 59.2 Å². The first kappa shape index (κ1) is 9.15. The number of rotatable bonds is 1. The first-order chi connectivity index (χ1) is 7.74. The number of carbonyl (C=O) groups excluding carboxylic acids is 2. The van der Waals surface area contributed by atoms with Crippen LogP contribution in [0.25, 0.3) is 10.9 Å². The smallest absolute Gasteiger partial charge is 0.321 e. The van der Waals surface area contributed by atoms with Crippen LogP contribution in [0.4, 0.5) is 0 Å². The monoisotopic (exact) mass is 215 g/mol. The molecular weight excluding hydrogens is 206 g/mol. The molecule has 1 saturated heterocycles. The maximum absolute atomic E-state index is 11.4. The zero-order chi connectivity index (χ0) is 11.1. The van der Waals surface area contributed by atoms with Crippen LogP contribution in [0.5, 0.6) is 0 Å². The molecule has 1 atom stereocenters. The number of benzene rings is 1. The van der Waals surface area contributed by atoms with Crippen molar-refractivity contribution >= 4 is 22.8 Å². The minimum atomic E-state index is -0.445. The van der Waals surface area contributed by atoms with Crippen LogP contribution in [0.15, 0.2) is 30.5 Å². The molecule has 0 aliphatic carbocycles. The van der Waals surface area contributed by atoms with Crippen molar-refractivity contribution in [3.8, 4) is 0 Å². The Hall–Kier alpha value is -2.10. The molecule has 0 bridgehead atoms. The molecule has 0 spiro atoms. The van der Waals surface area contributed by atoms with Crippen molar-refractivity contribution in [1.82, 2.24) is 4.98 Å². The molecule has 80 valence electrons. The van der Waals surface area contributed by atoms with Gasteiger partial charge in [0.2, 0.25) is 0 Å². The van der Waals surface area contributed by atoms with Gasteiger partial charge in [0.15, 0.2) is 0 Å². The number of fused-ring (bicyclic) bond motifs is 1. The average molecular weight is 215 g/mol. The predicted molar refractivity (Wildman–Crippen MR) is 56.8 cm³/mol. The van der Waals surface area contributed by atoms with Crippen molar-refractivity contribution in [3.63, 3.8) is 0 Å². The molecule has 1 aliphatic heterocycles. The van der Waals surface area contributed by atoms with Gasteiger partial charge in [0.25, 0.3) is 0 Å². The Kier molecular flexibility index (Phi) is 1.83. The standard InChI is InChI=1S/C12H9NO3/c14-11-6-9(12(15)16-11)7-1-2-10-8(5-7)3-4-13-10/h1-5,9,13H,6H2.